The van der Waals surface area contributed by atoms with Gasteiger partial charge in [-0.15, -0.1) is 0 Å². The van der Waals surface area contributed by atoms with Crippen molar-refractivity contribution in [2.24, 2.45) is 0 Å². The zero-order chi connectivity index (χ0) is 23.9. The lowest BCUT2D eigenvalue weighted by Crippen LogP contribution is -2.26. The van der Waals surface area contributed by atoms with Crippen molar-refractivity contribution in [3.05, 3.63) is 47.3 Å². The number of benzene rings is 1. The lowest BCUT2D eigenvalue weighted by molar-refractivity contribution is 0.0690. The van der Waals surface area contributed by atoms with Crippen molar-refractivity contribution in [2.45, 2.75) is 103 Å². The SMILES string of the molecule is CCCCCCCCCCCCCCCCN1C=C(C(O)c2ccccc2C(=O)O)N(C)C1. The van der Waals surface area contributed by atoms with E-state index in [1.807, 2.05) is 18.1 Å². The molecule has 0 saturated heterocycles. The number of hydrogen-bond donors (Lipinski definition) is 2. The van der Waals surface area contributed by atoms with Gasteiger partial charge in [0.2, 0.25) is 0 Å². The first-order valence-electron chi connectivity index (χ1n) is 13.2. The molecular formula is C28H46N2O3. The van der Waals surface area contributed by atoms with Crippen LogP contribution < -0.4 is 0 Å². The van der Waals surface area contributed by atoms with Gasteiger partial charge in [0.05, 0.1) is 17.9 Å². The molecule has 0 bridgehead atoms. The average Bonchev–Trinajstić information content (AvgIpc) is 3.19. The molecule has 5 nitrogen and oxygen atoms in total. The van der Waals surface area contributed by atoms with Gasteiger partial charge in [0.25, 0.3) is 0 Å². The summed E-state index contributed by atoms with van der Waals surface area (Å²) in [6.07, 6.45) is 20.0. The molecule has 2 rings (SSSR count). The van der Waals surface area contributed by atoms with E-state index in [-0.39, 0.29) is 5.56 Å². The third-order valence-corrected chi connectivity index (χ3v) is 6.71. The predicted molar refractivity (Wildman–Crippen MR) is 136 cm³/mol. The van der Waals surface area contributed by atoms with Gasteiger partial charge in [-0.3, -0.25) is 0 Å². The fraction of sp³-hybridized carbons (Fsp3) is 0.679. The molecule has 186 valence electrons. The summed E-state index contributed by atoms with van der Waals surface area (Å²) < 4.78 is 0. The molecule has 0 saturated carbocycles. The minimum atomic E-state index is -1.01. The van der Waals surface area contributed by atoms with Gasteiger partial charge >= 0.3 is 5.97 Å². The quantitative estimate of drug-likeness (QED) is 0.233. The third kappa shape index (κ3) is 9.79. The molecule has 1 aliphatic rings. The normalized spacial score (nSPS) is 14.6. The van der Waals surface area contributed by atoms with Crippen molar-refractivity contribution in [3.8, 4) is 0 Å². The number of nitrogens with zero attached hydrogens (tertiary/aromatic N) is 2. The van der Waals surface area contributed by atoms with E-state index in [9.17, 15) is 15.0 Å². The summed E-state index contributed by atoms with van der Waals surface area (Å²) in [4.78, 5) is 15.7. The van der Waals surface area contributed by atoms with Crippen molar-refractivity contribution < 1.29 is 15.0 Å². The minimum absolute atomic E-state index is 0.157. The lowest BCUT2D eigenvalue weighted by Gasteiger charge is -2.22. The fourth-order valence-corrected chi connectivity index (χ4v) is 4.69. The molecule has 1 atom stereocenters. The Morgan fingerprint density at radius 2 is 1.39 bits per heavy atom. The molecular weight excluding hydrogens is 412 g/mol. The smallest absolute Gasteiger partial charge is 0.336 e. The van der Waals surface area contributed by atoms with Crippen LogP contribution in [0.15, 0.2) is 36.2 Å². The number of aliphatic hydroxyl groups is 1. The van der Waals surface area contributed by atoms with Crippen LogP contribution in [0.2, 0.25) is 0 Å². The Morgan fingerprint density at radius 3 is 1.94 bits per heavy atom. The van der Waals surface area contributed by atoms with E-state index in [0.717, 1.165) is 25.3 Å². The maximum absolute atomic E-state index is 11.5. The van der Waals surface area contributed by atoms with E-state index in [1.54, 1.807) is 24.3 Å². The highest BCUT2D eigenvalue weighted by Crippen LogP contribution is 2.30. The molecule has 0 aromatic heterocycles. The molecule has 0 aliphatic carbocycles. The Balaban J connectivity index is 1.57. The predicted octanol–water partition coefficient (Wildman–Crippen LogP) is 6.95. The summed E-state index contributed by atoms with van der Waals surface area (Å²) >= 11 is 0. The second-order valence-electron chi connectivity index (χ2n) is 9.60. The minimum Gasteiger partial charge on any atom is -0.478 e. The number of hydrogen-bond acceptors (Lipinski definition) is 4. The van der Waals surface area contributed by atoms with Crippen molar-refractivity contribution in [3.63, 3.8) is 0 Å². The number of aliphatic hydroxyl groups excluding tert-OH is 1. The largest absolute Gasteiger partial charge is 0.478 e. The Hall–Kier alpha value is -2.01. The van der Waals surface area contributed by atoms with Crippen molar-refractivity contribution in [1.82, 2.24) is 9.80 Å². The summed E-state index contributed by atoms with van der Waals surface area (Å²) in [7, 11) is 1.95. The second-order valence-corrected chi connectivity index (χ2v) is 9.60. The van der Waals surface area contributed by atoms with Crippen molar-refractivity contribution in [1.29, 1.82) is 0 Å². The number of carbonyl (C=O) groups is 1. The van der Waals surface area contributed by atoms with E-state index >= 15 is 0 Å². The molecule has 1 aliphatic heterocycles. The molecule has 5 heteroatoms. The van der Waals surface area contributed by atoms with Gasteiger partial charge < -0.3 is 20.0 Å². The molecule has 0 radical (unpaired) electrons. The van der Waals surface area contributed by atoms with Crippen LogP contribution in [0.25, 0.3) is 0 Å². The Labute approximate surface area is 201 Å². The average molecular weight is 459 g/mol. The summed E-state index contributed by atoms with van der Waals surface area (Å²) in [5.74, 6) is -1.01. The standard InChI is InChI=1S/C28H46N2O3/c1-3-4-5-6-7-8-9-10-11-12-13-14-15-18-21-30-22-26(29(2)23-30)27(31)24-19-16-17-20-25(24)28(32)33/h16-17,19-20,22,27,31H,3-15,18,21,23H2,1-2H3,(H,32,33). The Morgan fingerprint density at radius 1 is 0.879 bits per heavy atom. The molecule has 0 spiro atoms. The number of carboxylic acids is 1. The van der Waals surface area contributed by atoms with Crippen LogP contribution in [0.3, 0.4) is 0 Å². The summed E-state index contributed by atoms with van der Waals surface area (Å²) in [6, 6.07) is 6.70. The lowest BCUT2D eigenvalue weighted by atomic mass is 10.0. The van der Waals surface area contributed by atoms with Crippen LogP contribution in [0.5, 0.6) is 0 Å². The van der Waals surface area contributed by atoms with Gasteiger partial charge in [-0.25, -0.2) is 4.79 Å². The Bertz CT molecular complexity index is 719. The monoisotopic (exact) mass is 458 g/mol. The van der Waals surface area contributed by atoms with E-state index in [0.29, 0.717) is 5.56 Å². The van der Waals surface area contributed by atoms with Crippen LogP contribution in [-0.4, -0.2) is 46.2 Å². The van der Waals surface area contributed by atoms with E-state index < -0.39 is 12.1 Å². The van der Waals surface area contributed by atoms with Crippen LogP contribution in [0.1, 0.15) is 119 Å². The number of carboxylic acid groups (broad SMARTS) is 1. The molecule has 0 amide bonds. The maximum Gasteiger partial charge on any atom is 0.336 e. The van der Waals surface area contributed by atoms with E-state index in [1.165, 1.54) is 83.5 Å². The summed E-state index contributed by atoms with van der Waals surface area (Å²) in [5, 5.41) is 20.2. The molecule has 1 aromatic carbocycles. The number of likely N-dealkylation sites (N-methyl/N-ethyl adjacent to an activating group) is 1. The maximum atomic E-state index is 11.5. The number of aromatic carboxylic acids is 1. The molecule has 2 N–H and O–H groups in total. The zero-order valence-electron chi connectivity index (χ0n) is 21.0. The number of unbranched alkanes of at least 4 members (excludes halogenated alkanes) is 13. The van der Waals surface area contributed by atoms with Crippen LogP contribution in [0.4, 0.5) is 0 Å². The fourth-order valence-electron chi connectivity index (χ4n) is 4.69. The highest BCUT2D eigenvalue weighted by molar-refractivity contribution is 5.89. The van der Waals surface area contributed by atoms with Gasteiger partial charge in [0, 0.05) is 25.4 Å². The summed E-state index contributed by atoms with van der Waals surface area (Å²) in [5.41, 5.74) is 1.36. The van der Waals surface area contributed by atoms with Crippen molar-refractivity contribution in [2.75, 3.05) is 20.3 Å². The first-order valence-corrected chi connectivity index (χ1v) is 13.2. The second kappa shape index (κ2) is 15.8. The third-order valence-electron chi connectivity index (χ3n) is 6.71. The molecule has 0 fully saturated rings. The van der Waals surface area contributed by atoms with Gasteiger partial charge in [-0.05, 0) is 12.5 Å². The van der Waals surface area contributed by atoms with E-state index in [4.69, 9.17) is 0 Å². The van der Waals surface area contributed by atoms with Crippen LogP contribution >= 0.6 is 0 Å². The van der Waals surface area contributed by atoms with Crippen LogP contribution in [-0.2, 0) is 0 Å². The van der Waals surface area contributed by atoms with Gasteiger partial charge in [-0.1, -0.05) is 109 Å². The van der Waals surface area contributed by atoms with Gasteiger partial charge in [0.1, 0.15) is 6.10 Å². The van der Waals surface area contributed by atoms with Crippen molar-refractivity contribution >= 4 is 5.97 Å². The molecule has 1 aromatic rings. The highest BCUT2D eigenvalue weighted by atomic mass is 16.4. The highest BCUT2D eigenvalue weighted by Gasteiger charge is 2.27. The van der Waals surface area contributed by atoms with Crippen LogP contribution in [0, 0.1) is 0 Å². The molecule has 1 unspecified atom stereocenters. The first kappa shape index (κ1) is 27.2. The number of rotatable bonds is 18. The van der Waals surface area contributed by atoms with E-state index in [2.05, 4.69) is 11.8 Å². The summed E-state index contributed by atoms with van der Waals surface area (Å²) in [6.45, 7) is 3.98. The topological polar surface area (TPSA) is 64.0 Å². The van der Waals surface area contributed by atoms with Gasteiger partial charge in [-0.2, -0.15) is 0 Å². The zero-order valence-corrected chi connectivity index (χ0v) is 21.0. The first-order chi connectivity index (χ1) is 16.0. The molecule has 33 heavy (non-hydrogen) atoms. The Kier molecular flexibility index (Phi) is 13.0. The molecule has 1 heterocycles. The van der Waals surface area contributed by atoms with Gasteiger partial charge in [0.15, 0.2) is 0 Å².